The van der Waals surface area contributed by atoms with Crippen LogP contribution < -0.4 is 9.47 Å². The summed E-state index contributed by atoms with van der Waals surface area (Å²) in [5.41, 5.74) is 1.95. The molecule has 5 rings (SSSR count). The van der Waals surface area contributed by atoms with E-state index in [0.717, 1.165) is 27.3 Å². The number of carbonyl (C=O) groups is 2. The molecule has 5 heteroatoms. The Morgan fingerprint density at radius 2 is 1.39 bits per heavy atom. The Balaban J connectivity index is 1.86. The summed E-state index contributed by atoms with van der Waals surface area (Å²) in [6.07, 6.45) is 0. The lowest BCUT2D eigenvalue weighted by Crippen LogP contribution is -2.07. The van der Waals surface area contributed by atoms with Gasteiger partial charge in [0, 0.05) is 34.0 Å². The number of hydrogen-bond donors (Lipinski definition) is 0. The molecule has 0 N–H and O–H groups in total. The monoisotopic (exact) mass is 426 g/mol. The predicted octanol–water partition coefficient (Wildman–Crippen LogP) is 6.73. The highest BCUT2D eigenvalue weighted by molar-refractivity contribution is 7.26. The number of esters is 2. The first-order valence-corrected chi connectivity index (χ1v) is 10.7. The largest absolute Gasteiger partial charge is 0.423 e. The molecule has 0 amide bonds. The summed E-state index contributed by atoms with van der Waals surface area (Å²) in [6.45, 7) is 2.64. The first kappa shape index (κ1) is 19.3. The van der Waals surface area contributed by atoms with Gasteiger partial charge in [-0.1, -0.05) is 48.5 Å². The van der Waals surface area contributed by atoms with E-state index < -0.39 is 11.9 Å². The summed E-state index contributed by atoms with van der Waals surface area (Å²) in [5, 5.41) is 4.58. The maximum absolute atomic E-state index is 11.7. The highest BCUT2D eigenvalue weighted by Gasteiger charge is 2.18. The summed E-state index contributed by atoms with van der Waals surface area (Å²) in [7, 11) is 0. The molecular formula is C26H18O4S. The molecule has 4 aromatic carbocycles. The molecule has 0 fully saturated rings. The molecule has 1 heterocycles. The van der Waals surface area contributed by atoms with Gasteiger partial charge in [-0.2, -0.15) is 0 Å². The number of rotatable bonds is 3. The SMILES string of the molecule is CC(=O)Oc1ccc(-c2c3ccccc3cc3sc4ccccc4c23)cc1OC(C)=O. The minimum absolute atomic E-state index is 0.220. The Bertz CT molecular complexity index is 1500. The summed E-state index contributed by atoms with van der Waals surface area (Å²) in [6, 6.07) is 24.2. The maximum atomic E-state index is 11.7. The number of ether oxygens (including phenoxy) is 2. The van der Waals surface area contributed by atoms with E-state index in [4.69, 9.17) is 9.47 Å². The maximum Gasteiger partial charge on any atom is 0.308 e. The Hall–Kier alpha value is -3.70. The fourth-order valence-electron chi connectivity index (χ4n) is 3.99. The Kier molecular flexibility index (Phi) is 4.68. The van der Waals surface area contributed by atoms with E-state index in [1.807, 2.05) is 30.3 Å². The quantitative estimate of drug-likeness (QED) is 0.237. The normalized spacial score (nSPS) is 11.2. The van der Waals surface area contributed by atoms with Gasteiger partial charge in [-0.15, -0.1) is 11.3 Å². The van der Waals surface area contributed by atoms with Crippen molar-refractivity contribution in [2.45, 2.75) is 13.8 Å². The van der Waals surface area contributed by atoms with E-state index in [9.17, 15) is 9.59 Å². The van der Waals surface area contributed by atoms with E-state index in [1.54, 1.807) is 23.5 Å². The minimum Gasteiger partial charge on any atom is -0.423 e. The standard InChI is InChI=1S/C26H18O4S/c1-15(27)29-21-12-11-18(13-22(21)30-16(2)28)25-19-8-4-3-7-17(19)14-24-26(25)20-9-5-6-10-23(20)31-24/h3-14H,1-2H3. The fraction of sp³-hybridized carbons (Fsp3) is 0.0769. The molecule has 4 nitrogen and oxygen atoms in total. The molecule has 0 aliphatic carbocycles. The third kappa shape index (κ3) is 3.43. The molecule has 0 atom stereocenters. The highest BCUT2D eigenvalue weighted by Crippen LogP contribution is 2.45. The van der Waals surface area contributed by atoms with Crippen LogP contribution in [0.1, 0.15) is 13.8 Å². The summed E-state index contributed by atoms with van der Waals surface area (Å²) in [4.78, 5) is 23.2. The van der Waals surface area contributed by atoms with Crippen LogP contribution in [0.4, 0.5) is 0 Å². The van der Waals surface area contributed by atoms with Crippen molar-refractivity contribution in [1.82, 2.24) is 0 Å². The van der Waals surface area contributed by atoms with Crippen molar-refractivity contribution in [1.29, 1.82) is 0 Å². The topological polar surface area (TPSA) is 52.6 Å². The van der Waals surface area contributed by atoms with Gasteiger partial charge >= 0.3 is 11.9 Å². The second kappa shape index (κ2) is 7.52. The molecule has 0 radical (unpaired) electrons. The van der Waals surface area contributed by atoms with E-state index >= 15 is 0 Å². The summed E-state index contributed by atoms with van der Waals surface area (Å²) < 4.78 is 13.0. The Morgan fingerprint density at radius 1 is 0.710 bits per heavy atom. The molecule has 0 saturated carbocycles. The van der Waals surface area contributed by atoms with Gasteiger partial charge in [-0.25, -0.2) is 0 Å². The second-order valence-corrected chi connectivity index (χ2v) is 8.38. The molecule has 152 valence electrons. The van der Waals surface area contributed by atoms with Gasteiger partial charge in [-0.05, 0) is 46.2 Å². The Morgan fingerprint density at radius 3 is 2.16 bits per heavy atom. The molecule has 0 aliphatic heterocycles. The Labute approximate surface area is 182 Å². The van der Waals surface area contributed by atoms with Crippen LogP contribution in [-0.4, -0.2) is 11.9 Å². The number of benzene rings is 4. The second-order valence-electron chi connectivity index (χ2n) is 7.29. The van der Waals surface area contributed by atoms with E-state index in [2.05, 4.69) is 30.3 Å². The molecule has 31 heavy (non-hydrogen) atoms. The van der Waals surface area contributed by atoms with E-state index in [0.29, 0.717) is 0 Å². The summed E-state index contributed by atoms with van der Waals surface area (Å²) in [5.74, 6) is -0.508. The number of hydrogen-bond acceptors (Lipinski definition) is 5. The molecule has 0 saturated heterocycles. The van der Waals surface area contributed by atoms with Crippen LogP contribution in [0.3, 0.4) is 0 Å². The van der Waals surface area contributed by atoms with Crippen molar-refractivity contribution in [3.8, 4) is 22.6 Å². The van der Waals surface area contributed by atoms with Crippen molar-refractivity contribution >= 4 is 54.2 Å². The smallest absolute Gasteiger partial charge is 0.308 e. The van der Waals surface area contributed by atoms with Crippen LogP contribution >= 0.6 is 11.3 Å². The first-order valence-electron chi connectivity index (χ1n) is 9.85. The number of fused-ring (bicyclic) bond motifs is 4. The molecule has 0 spiro atoms. The van der Waals surface area contributed by atoms with Gasteiger partial charge in [-0.3, -0.25) is 9.59 Å². The fourth-order valence-corrected chi connectivity index (χ4v) is 5.15. The lowest BCUT2D eigenvalue weighted by Gasteiger charge is -2.14. The lowest BCUT2D eigenvalue weighted by atomic mass is 9.93. The predicted molar refractivity (Wildman–Crippen MR) is 125 cm³/mol. The first-order chi connectivity index (χ1) is 15.0. The van der Waals surface area contributed by atoms with Gasteiger partial charge in [0.1, 0.15) is 0 Å². The average molecular weight is 426 g/mol. The molecule has 0 bridgehead atoms. The van der Waals surface area contributed by atoms with Crippen LogP contribution in [0.5, 0.6) is 11.5 Å². The van der Waals surface area contributed by atoms with Crippen molar-refractivity contribution < 1.29 is 19.1 Å². The lowest BCUT2D eigenvalue weighted by molar-refractivity contribution is -0.134. The third-order valence-electron chi connectivity index (χ3n) is 5.13. The highest BCUT2D eigenvalue weighted by atomic mass is 32.1. The van der Waals surface area contributed by atoms with Crippen LogP contribution in [0.2, 0.25) is 0 Å². The average Bonchev–Trinajstić information content (AvgIpc) is 3.10. The zero-order chi connectivity index (χ0) is 21.5. The van der Waals surface area contributed by atoms with Crippen LogP contribution in [0.15, 0.2) is 72.8 Å². The van der Waals surface area contributed by atoms with Crippen LogP contribution in [0, 0.1) is 0 Å². The number of thiophene rings is 1. The van der Waals surface area contributed by atoms with Gasteiger partial charge in [0.2, 0.25) is 0 Å². The van der Waals surface area contributed by atoms with Crippen molar-refractivity contribution in [2.75, 3.05) is 0 Å². The zero-order valence-corrected chi connectivity index (χ0v) is 17.8. The van der Waals surface area contributed by atoms with Crippen molar-refractivity contribution in [3.05, 3.63) is 72.8 Å². The molecular weight excluding hydrogens is 408 g/mol. The molecule has 0 aliphatic rings. The molecule has 1 aromatic heterocycles. The van der Waals surface area contributed by atoms with Crippen molar-refractivity contribution in [3.63, 3.8) is 0 Å². The van der Waals surface area contributed by atoms with Gasteiger partial charge in [0.25, 0.3) is 0 Å². The van der Waals surface area contributed by atoms with Crippen molar-refractivity contribution in [2.24, 2.45) is 0 Å². The molecule has 5 aromatic rings. The zero-order valence-electron chi connectivity index (χ0n) is 17.0. The van der Waals surface area contributed by atoms with Gasteiger partial charge in [0.05, 0.1) is 0 Å². The van der Waals surface area contributed by atoms with E-state index in [-0.39, 0.29) is 11.5 Å². The minimum atomic E-state index is -0.477. The van der Waals surface area contributed by atoms with Crippen LogP contribution in [-0.2, 0) is 9.59 Å². The van der Waals surface area contributed by atoms with E-state index in [1.165, 1.54) is 28.6 Å². The molecule has 0 unspecified atom stereocenters. The number of carbonyl (C=O) groups excluding carboxylic acids is 2. The van der Waals surface area contributed by atoms with Crippen LogP contribution in [0.25, 0.3) is 42.1 Å². The van der Waals surface area contributed by atoms with Gasteiger partial charge < -0.3 is 9.47 Å². The third-order valence-corrected chi connectivity index (χ3v) is 6.25. The summed E-state index contributed by atoms with van der Waals surface area (Å²) >= 11 is 1.76. The van der Waals surface area contributed by atoms with Gasteiger partial charge in [0.15, 0.2) is 11.5 Å².